The van der Waals surface area contributed by atoms with Gasteiger partial charge in [-0.05, 0) is 158 Å². The molecule has 0 aromatic heterocycles. The van der Waals surface area contributed by atoms with Crippen LogP contribution in [0.15, 0.2) is 125 Å². The number of hydrogen-bond acceptors (Lipinski definition) is 6. The van der Waals surface area contributed by atoms with Crippen molar-refractivity contribution in [3.05, 3.63) is 148 Å². The van der Waals surface area contributed by atoms with Crippen molar-refractivity contribution in [3.63, 3.8) is 0 Å². The lowest BCUT2D eigenvalue weighted by Crippen LogP contribution is -2.49. The van der Waals surface area contributed by atoms with Crippen LogP contribution in [0.3, 0.4) is 0 Å². The van der Waals surface area contributed by atoms with E-state index in [4.69, 9.17) is 0 Å². The van der Waals surface area contributed by atoms with Crippen LogP contribution in [-0.4, -0.2) is 65.9 Å². The number of rotatable bonds is 16. The molecule has 2 amide bonds. The van der Waals surface area contributed by atoms with Gasteiger partial charge in [0.1, 0.15) is 8.07 Å². The van der Waals surface area contributed by atoms with Gasteiger partial charge in [-0.1, -0.05) is 101 Å². The molecule has 332 valence electrons. The predicted molar refractivity (Wildman–Crippen MR) is 274 cm³/mol. The molecule has 9 heteroatoms. The van der Waals surface area contributed by atoms with Crippen molar-refractivity contribution < 1.29 is 9.59 Å². The SMILES string of the molecule is C=C(C)C(=O)NCCCNCc1c2ccccc2c(CNCCCNC(=O)C(C)(C)C)c2cc(-c3ccc(C)c(C4=C5C=C/C(=N\C)C=C5[Si](C)(C)c5cc(NC)ccc54)c3)ccc12. The molecule has 0 radical (unpaired) electrons. The number of nitrogens with zero attached hydrogens (tertiary/aromatic N) is 1. The van der Waals surface area contributed by atoms with Gasteiger partial charge in [-0.3, -0.25) is 14.6 Å². The summed E-state index contributed by atoms with van der Waals surface area (Å²) in [6.07, 6.45) is 8.44. The van der Waals surface area contributed by atoms with Crippen LogP contribution in [0.5, 0.6) is 0 Å². The number of anilines is 1. The number of aliphatic imine (C=N–C) groups is 1. The third kappa shape index (κ3) is 9.62. The number of nitrogens with one attached hydrogen (secondary N) is 5. The maximum absolute atomic E-state index is 12.5. The lowest BCUT2D eigenvalue weighted by atomic mass is 9.85. The standard InChI is InChI=1S/C55H66N6O2Si/c1-35(2)53(62)60-27-13-25-58-33-48-41-15-11-12-16-42(41)49(34-59-26-14-28-61-54(63)55(4,5)6)47-30-38(19-22-43(47)48)37-18-17-36(3)46(29-37)52-44-23-20-39(56-7)31-50(44)64(9,10)51-32-40(57-8)21-24-45(51)52/h11-12,15-24,29-32,56,58-59H,1,13-14,25-28,33-34H2,2-10H3,(H,60,62)(H,61,63)/b57-40+. The Morgan fingerprint density at radius 2 is 1.36 bits per heavy atom. The Kier molecular flexibility index (Phi) is 14.0. The van der Waals surface area contributed by atoms with E-state index in [1.807, 2.05) is 34.9 Å². The molecule has 0 spiro atoms. The smallest absolute Gasteiger partial charge is 0.246 e. The second-order valence-corrected chi connectivity index (χ2v) is 23.2. The summed E-state index contributed by atoms with van der Waals surface area (Å²) >= 11 is 0. The number of allylic oxidation sites excluding steroid dienone is 5. The molecule has 7 rings (SSSR count). The first kappa shape index (κ1) is 46.1. The number of hydrogen-bond donors (Lipinski definition) is 5. The Morgan fingerprint density at radius 3 is 2.00 bits per heavy atom. The van der Waals surface area contributed by atoms with Gasteiger partial charge in [-0.25, -0.2) is 0 Å². The van der Waals surface area contributed by atoms with Crippen molar-refractivity contribution in [1.29, 1.82) is 0 Å². The van der Waals surface area contributed by atoms with E-state index in [9.17, 15) is 9.59 Å². The zero-order valence-electron chi connectivity index (χ0n) is 39.4. The van der Waals surface area contributed by atoms with Crippen molar-refractivity contribution in [2.75, 3.05) is 45.6 Å². The van der Waals surface area contributed by atoms with Gasteiger partial charge in [-0.2, -0.15) is 0 Å². The molecule has 5 aromatic carbocycles. The van der Waals surface area contributed by atoms with Gasteiger partial charge < -0.3 is 26.6 Å². The van der Waals surface area contributed by atoms with Gasteiger partial charge in [0.15, 0.2) is 0 Å². The van der Waals surface area contributed by atoms with Gasteiger partial charge >= 0.3 is 0 Å². The Labute approximate surface area is 381 Å². The van der Waals surface area contributed by atoms with E-state index >= 15 is 0 Å². The van der Waals surface area contributed by atoms with Crippen molar-refractivity contribution in [2.45, 2.75) is 73.6 Å². The third-order valence-corrected chi connectivity index (χ3v) is 16.4. The van der Waals surface area contributed by atoms with Crippen molar-refractivity contribution in [3.8, 4) is 11.1 Å². The van der Waals surface area contributed by atoms with E-state index in [-0.39, 0.29) is 11.8 Å². The Bertz CT molecular complexity index is 2770. The fourth-order valence-corrected chi connectivity index (χ4v) is 12.2. The summed E-state index contributed by atoms with van der Waals surface area (Å²) < 4.78 is 0. The second kappa shape index (κ2) is 19.5. The number of fused-ring (bicyclic) bond motifs is 4. The van der Waals surface area contributed by atoms with E-state index in [2.05, 4.69) is 155 Å². The number of benzene rings is 5. The zero-order valence-corrected chi connectivity index (χ0v) is 40.4. The highest BCUT2D eigenvalue weighted by atomic mass is 28.3. The first-order chi connectivity index (χ1) is 30.6. The van der Waals surface area contributed by atoms with E-state index in [0.29, 0.717) is 31.8 Å². The molecule has 0 saturated heterocycles. The maximum Gasteiger partial charge on any atom is 0.246 e. The minimum Gasteiger partial charge on any atom is -0.388 e. The molecule has 0 unspecified atom stereocenters. The Hall–Kier alpha value is -5.87. The topological polar surface area (TPSA) is 107 Å². The largest absolute Gasteiger partial charge is 0.388 e. The molecular weight excluding hydrogens is 805 g/mol. The van der Waals surface area contributed by atoms with E-state index < -0.39 is 13.5 Å². The molecule has 0 saturated carbocycles. The van der Waals surface area contributed by atoms with Gasteiger partial charge in [-0.15, -0.1) is 0 Å². The lowest BCUT2D eigenvalue weighted by molar-refractivity contribution is -0.128. The molecule has 2 aliphatic rings. The highest BCUT2D eigenvalue weighted by molar-refractivity contribution is 6.98. The summed E-state index contributed by atoms with van der Waals surface area (Å²) in [5.74, 6) is -0.0301. The molecular formula is C55H66N6O2Si. The highest BCUT2D eigenvalue weighted by Gasteiger charge is 2.40. The molecule has 64 heavy (non-hydrogen) atoms. The Balaban J connectivity index is 1.30. The number of aryl methyl sites for hydroxylation is 1. The summed E-state index contributed by atoms with van der Waals surface area (Å²) in [6, 6.07) is 29.6. The molecule has 1 heterocycles. The molecule has 1 aliphatic heterocycles. The summed E-state index contributed by atoms with van der Waals surface area (Å²) in [4.78, 5) is 29.2. The predicted octanol–water partition coefficient (Wildman–Crippen LogP) is 9.66. The van der Waals surface area contributed by atoms with Gasteiger partial charge in [0.05, 0.1) is 5.71 Å². The van der Waals surface area contributed by atoms with Crippen molar-refractivity contribution >= 4 is 63.6 Å². The molecule has 0 atom stereocenters. The Morgan fingerprint density at radius 1 is 0.734 bits per heavy atom. The fraction of sp³-hybridized carbons (Fsp3) is 0.327. The molecule has 8 nitrogen and oxygen atoms in total. The van der Waals surface area contributed by atoms with Crippen molar-refractivity contribution in [1.82, 2.24) is 21.3 Å². The van der Waals surface area contributed by atoms with Crippen LogP contribution in [0.25, 0.3) is 38.2 Å². The number of carbonyl (C=O) groups excluding carboxylic acids is 2. The van der Waals surface area contributed by atoms with Crippen LogP contribution in [0.4, 0.5) is 5.69 Å². The molecule has 0 fully saturated rings. The lowest BCUT2D eigenvalue weighted by Gasteiger charge is -2.38. The maximum atomic E-state index is 12.5. The first-order valence-electron chi connectivity index (χ1n) is 22.8. The van der Waals surface area contributed by atoms with E-state index in [1.165, 1.54) is 82.0 Å². The van der Waals surface area contributed by atoms with Crippen LogP contribution in [0.2, 0.25) is 13.1 Å². The van der Waals surface area contributed by atoms with Crippen LogP contribution in [-0.2, 0) is 22.7 Å². The average molecular weight is 871 g/mol. The monoisotopic (exact) mass is 871 g/mol. The summed E-state index contributed by atoms with van der Waals surface area (Å²) in [5.41, 5.74) is 13.5. The molecule has 5 N–H and O–H groups in total. The minimum absolute atomic E-state index is 0.0719. The van der Waals surface area contributed by atoms with E-state index in [0.717, 1.165) is 37.3 Å². The van der Waals surface area contributed by atoms with Gasteiger partial charge in [0.2, 0.25) is 11.8 Å². The molecule has 1 aliphatic carbocycles. The van der Waals surface area contributed by atoms with Crippen LogP contribution in [0, 0.1) is 12.3 Å². The quantitative estimate of drug-likeness (QED) is 0.0294. The molecule has 0 bridgehead atoms. The second-order valence-electron chi connectivity index (χ2n) is 18.9. The number of carbonyl (C=O) groups is 2. The number of amides is 2. The zero-order chi connectivity index (χ0) is 45.8. The van der Waals surface area contributed by atoms with Crippen molar-refractivity contribution in [2.24, 2.45) is 10.4 Å². The van der Waals surface area contributed by atoms with Crippen LogP contribution < -0.4 is 31.8 Å². The molecule has 5 aromatic rings. The highest BCUT2D eigenvalue weighted by Crippen LogP contribution is 2.44. The normalized spacial score (nSPS) is 15.0. The van der Waals surface area contributed by atoms with Crippen LogP contribution >= 0.6 is 0 Å². The summed E-state index contributed by atoms with van der Waals surface area (Å²) in [6.45, 7) is 22.6. The summed E-state index contributed by atoms with van der Waals surface area (Å²) in [7, 11) is 1.79. The van der Waals surface area contributed by atoms with Gasteiger partial charge in [0.25, 0.3) is 0 Å². The fourth-order valence-electron chi connectivity index (χ4n) is 9.08. The average Bonchev–Trinajstić information content (AvgIpc) is 3.28. The first-order valence-corrected chi connectivity index (χ1v) is 25.8. The summed E-state index contributed by atoms with van der Waals surface area (Å²) in [5, 5.41) is 24.6. The van der Waals surface area contributed by atoms with Crippen LogP contribution in [0.1, 0.15) is 68.4 Å². The third-order valence-electron chi connectivity index (χ3n) is 12.8. The minimum atomic E-state index is -2.09. The van der Waals surface area contributed by atoms with E-state index in [1.54, 1.807) is 6.92 Å². The van der Waals surface area contributed by atoms with Gasteiger partial charge in [0, 0.05) is 56.9 Å².